The molecule has 0 heterocycles. The lowest BCUT2D eigenvalue weighted by atomic mass is 9.99. The molecule has 0 radical (unpaired) electrons. The van der Waals surface area contributed by atoms with Crippen LogP contribution in [0.25, 0.3) is 0 Å². The Bertz CT molecular complexity index is 577. The molecule has 0 spiro atoms. The van der Waals surface area contributed by atoms with E-state index in [1.165, 1.54) is 6.07 Å². The van der Waals surface area contributed by atoms with Crippen molar-refractivity contribution >= 4 is 11.4 Å². The third-order valence-electron chi connectivity index (χ3n) is 2.78. The Labute approximate surface area is 107 Å². The highest BCUT2D eigenvalue weighted by Crippen LogP contribution is 2.39. The molecule has 4 nitrogen and oxygen atoms in total. The summed E-state index contributed by atoms with van der Waals surface area (Å²) >= 11 is 0. The molecule has 0 aliphatic rings. The van der Waals surface area contributed by atoms with E-state index in [1.807, 2.05) is 0 Å². The molecule has 100 valence electrons. The van der Waals surface area contributed by atoms with Crippen molar-refractivity contribution < 1.29 is 19.0 Å². The molecule has 6 heteroatoms. The minimum Gasteiger partial charge on any atom is -0.506 e. The predicted octanol–water partition coefficient (Wildman–Crippen LogP) is 2.40. The number of rotatable bonds is 2. The van der Waals surface area contributed by atoms with Gasteiger partial charge in [0.1, 0.15) is 11.5 Å². The molecule has 2 rings (SSSR count). The number of hydrogen-bond donors (Lipinski definition) is 4. The topological polar surface area (TPSA) is 92.5 Å². The Morgan fingerprint density at radius 2 is 1.37 bits per heavy atom. The zero-order valence-corrected chi connectivity index (χ0v) is 9.77. The summed E-state index contributed by atoms with van der Waals surface area (Å²) in [5.41, 5.74) is 9.84. The first-order valence-electron chi connectivity index (χ1n) is 5.38. The van der Waals surface area contributed by atoms with Crippen molar-refractivity contribution in [3.05, 3.63) is 47.5 Å². The molecule has 2 aromatic carbocycles. The summed E-state index contributed by atoms with van der Waals surface area (Å²) < 4.78 is 28.4. The van der Waals surface area contributed by atoms with Crippen molar-refractivity contribution in [1.29, 1.82) is 0 Å². The number of phenols is 2. The molecule has 0 aromatic heterocycles. The monoisotopic (exact) mass is 266 g/mol. The van der Waals surface area contributed by atoms with Gasteiger partial charge in [-0.25, -0.2) is 0 Å². The fourth-order valence-electron chi connectivity index (χ4n) is 1.66. The van der Waals surface area contributed by atoms with Crippen LogP contribution in [0.3, 0.4) is 0 Å². The van der Waals surface area contributed by atoms with Crippen molar-refractivity contribution in [3.8, 4) is 11.5 Å². The second-order valence-corrected chi connectivity index (χ2v) is 4.12. The maximum atomic E-state index is 14.2. The van der Waals surface area contributed by atoms with E-state index in [9.17, 15) is 19.0 Å². The van der Waals surface area contributed by atoms with Crippen molar-refractivity contribution in [2.24, 2.45) is 0 Å². The van der Waals surface area contributed by atoms with Gasteiger partial charge in [-0.1, -0.05) is 6.07 Å². The van der Waals surface area contributed by atoms with Crippen LogP contribution >= 0.6 is 0 Å². The van der Waals surface area contributed by atoms with Gasteiger partial charge in [-0.15, -0.1) is 0 Å². The lowest BCUT2D eigenvalue weighted by Crippen LogP contribution is -2.15. The first-order valence-corrected chi connectivity index (χ1v) is 5.38. The zero-order chi connectivity index (χ0) is 14.2. The van der Waals surface area contributed by atoms with Crippen LogP contribution < -0.4 is 11.5 Å². The molecule has 0 saturated carbocycles. The smallest absolute Gasteiger partial charge is 0.298 e. The molecule has 0 bridgehead atoms. The predicted molar refractivity (Wildman–Crippen MR) is 68.0 cm³/mol. The molecular weight excluding hydrogens is 254 g/mol. The summed E-state index contributed by atoms with van der Waals surface area (Å²) in [5, 5.41) is 18.6. The van der Waals surface area contributed by atoms with E-state index < -0.39 is 17.2 Å². The highest BCUT2D eigenvalue weighted by atomic mass is 19.3. The van der Waals surface area contributed by atoms with Crippen molar-refractivity contribution in [2.45, 2.75) is 5.92 Å². The molecule has 19 heavy (non-hydrogen) atoms. The normalized spacial score (nSPS) is 11.5. The maximum absolute atomic E-state index is 14.2. The number of nitrogen functional groups attached to an aromatic ring is 2. The highest BCUT2D eigenvalue weighted by molar-refractivity contribution is 5.57. The van der Waals surface area contributed by atoms with Gasteiger partial charge in [0.25, 0.3) is 5.92 Å². The van der Waals surface area contributed by atoms with E-state index in [1.54, 1.807) is 0 Å². The summed E-state index contributed by atoms with van der Waals surface area (Å²) in [6.45, 7) is 0. The van der Waals surface area contributed by atoms with Crippen LogP contribution in [0.1, 0.15) is 11.1 Å². The minimum absolute atomic E-state index is 0.0183. The number of phenolic OH excluding ortho intramolecular Hbond substituents is 2. The van der Waals surface area contributed by atoms with Gasteiger partial charge in [-0.2, -0.15) is 8.78 Å². The Kier molecular flexibility index (Phi) is 2.94. The Hall–Kier alpha value is -2.50. The summed E-state index contributed by atoms with van der Waals surface area (Å²) in [6.07, 6.45) is 0. The average Bonchev–Trinajstić information content (AvgIpc) is 2.35. The number of alkyl halides is 2. The maximum Gasteiger partial charge on any atom is 0.298 e. The van der Waals surface area contributed by atoms with E-state index in [2.05, 4.69) is 0 Å². The number of nitrogens with two attached hydrogens (primary N) is 2. The van der Waals surface area contributed by atoms with Crippen LogP contribution in [-0.4, -0.2) is 10.2 Å². The zero-order valence-electron chi connectivity index (χ0n) is 9.77. The van der Waals surface area contributed by atoms with E-state index in [4.69, 9.17) is 11.5 Å². The fourth-order valence-corrected chi connectivity index (χ4v) is 1.66. The quantitative estimate of drug-likeness (QED) is 0.496. The largest absolute Gasteiger partial charge is 0.506 e. The third-order valence-corrected chi connectivity index (χ3v) is 2.78. The summed E-state index contributed by atoms with van der Waals surface area (Å²) in [7, 11) is 0. The second-order valence-electron chi connectivity index (χ2n) is 4.12. The van der Waals surface area contributed by atoms with E-state index in [0.29, 0.717) is 0 Å². The van der Waals surface area contributed by atoms with E-state index in [0.717, 1.165) is 30.3 Å². The minimum atomic E-state index is -3.35. The molecular formula is C13H12F2N2O2. The van der Waals surface area contributed by atoms with Crippen LogP contribution in [0, 0.1) is 0 Å². The van der Waals surface area contributed by atoms with Gasteiger partial charge in [-0.05, 0) is 30.3 Å². The van der Waals surface area contributed by atoms with E-state index in [-0.39, 0.29) is 22.7 Å². The van der Waals surface area contributed by atoms with Gasteiger partial charge in [0.15, 0.2) is 0 Å². The van der Waals surface area contributed by atoms with Crippen molar-refractivity contribution in [3.63, 3.8) is 0 Å². The number of benzene rings is 2. The van der Waals surface area contributed by atoms with Gasteiger partial charge >= 0.3 is 0 Å². The third kappa shape index (κ3) is 2.24. The summed E-state index contributed by atoms with van der Waals surface area (Å²) in [4.78, 5) is 0. The standard InChI is InChI=1S/C13H12F2N2O2/c14-13(15,7-2-4-11(18)10(17)5-7)8-1-3-9(16)12(19)6-8/h1-6,18-19H,16-17H2. The number of hydrogen-bond acceptors (Lipinski definition) is 4. The van der Waals surface area contributed by atoms with Gasteiger partial charge < -0.3 is 21.7 Å². The Balaban J connectivity index is 2.51. The molecule has 0 fully saturated rings. The van der Waals surface area contributed by atoms with Crippen molar-refractivity contribution in [2.75, 3.05) is 11.5 Å². The van der Waals surface area contributed by atoms with Gasteiger partial charge in [-0.3, -0.25) is 0 Å². The second kappa shape index (κ2) is 4.31. The molecule has 6 N–H and O–H groups in total. The van der Waals surface area contributed by atoms with Crippen LogP contribution in [0.4, 0.5) is 20.2 Å². The van der Waals surface area contributed by atoms with Crippen LogP contribution in [0.2, 0.25) is 0 Å². The Morgan fingerprint density at radius 1 is 0.789 bits per heavy atom. The lowest BCUT2D eigenvalue weighted by molar-refractivity contribution is 0.0426. The number of aromatic hydroxyl groups is 2. The lowest BCUT2D eigenvalue weighted by Gasteiger charge is -2.18. The summed E-state index contributed by atoms with van der Waals surface area (Å²) in [6, 6.07) is 6.37. The van der Waals surface area contributed by atoms with Gasteiger partial charge in [0, 0.05) is 11.1 Å². The SMILES string of the molecule is Nc1cc(C(F)(F)c2ccc(N)c(O)c2)ccc1O. The number of anilines is 2. The average molecular weight is 266 g/mol. The molecule has 0 saturated heterocycles. The molecule has 0 aliphatic heterocycles. The fraction of sp³-hybridized carbons (Fsp3) is 0.0769. The van der Waals surface area contributed by atoms with Crippen LogP contribution in [0.5, 0.6) is 11.5 Å². The first kappa shape index (κ1) is 12.9. The molecule has 2 aromatic rings. The number of halogens is 2. The van der Waals surface area contributed by atoms with E-state index >= 15 is 0 Å². The first-order chi connectivity index (χ1) is 8.82. The van der Waals surface area contributed by atoms with Crippen LogP contribution in [-0.2, 0) is 5.92 Å². The Morgan fingerprint density at radius 3 is 1.95 bits per heavy atom. The summed E-state index contributed by atoms with van der Waals surface area (Å²) in [5.74, 6) is -4.03. The van der Waals surface area contributed by atoms with Crippen LogP contribution in [0.15, 0.2) is 36.4 Å². The van der Waals surface area contributed by atoms with Gasteiger partial charge in [0.2, 0.25) is 0 Å². The molecule has 0 aliphatic carbocycles. The highest BCUT2D eigenvalue weighted by Gasteiger charge is 2.34. The molecule has 0 unspecified atom stereocenters. The molecule has 0 amide bonds. The van der Waals surface area contributed by atoms with Gasteiger partial charge in [0.05, 0.1) is 11.4 Å². The molecule has 0 atom stereocenters. The van der Waals surface area contributed by atoms with Crippen molar-refractivity contribution in [1.82, 2.24) is 0 Å².